The van der Waals surface area contributed by atoms with E-state index in [1.807, 2.05) is 18.5 Å². The van der Waals surface area contributed by atoms with Gasteiger partial charge >= 0.3 is 0 Å². The van der Waals surface area contributed by atoms with E-state index in [1.165, 1.54) is 10.4 Å². The molecule has 0 fully saturated rings. The fourth-order valence-electron chi connectivity index (χ4n) is 2.87. The molecule has 0 spiro atoms. The molecular weight excluding hydrogens is 292 g/mol. The number of thiazole rings is 1. The first-order valence-corrected chi connectivity index (χ1v) is 8.64. The number of hydrogen-bond acceptors (Lipinski definition) is 4. The predicted octanol–water partition coefficient (Wildman–Crippen LogP) is 4.56. The van der Waals surface area contributed by atoms with E-state index in [0.717, 1.165) is 42.8 Å². The molecule has 1 heterocycles. The van der Waals surface area contributed by atoms with Gasteiger partial charge < -0.3 is 5.32 Å². The lowest BCUT2D eigenvalue weighted by molar-refractivity contribution is -0.116. The number of aromatic nitrogens is 1. The van der Waals surface area contributed by atoms with Crippen LogP contribution >= 0.6 is 11.3 Å². The first-order chi connectivity index (χ1) is 10.8. The molecule has 3 nitrogen and oxygen atoms in total. The number of carbonyl (C=O) groups excluding carboxylic acids is 1. The molecule has 0 saturated carbocycles. The van der Waals surface area contributed by atoms with Crippen molar-refractivity contribution >= 4 is 22.9 Å². The normalized spacial score (nSPS) is 15.2. The molecule has 1 aliphatic carbocycles. The number of hydrogen-bond donors (Lipinski definition) is 1. The fraction of sp³-hybridized carbons (Fsp3) is 0.333. The Hall–Kier alpha value is -1.94. The minimum atomic E-state index is 0.288. The molecular formula is C18H20N2OS. The van der Waals surface area contributed by atoms with Crippen LogP contribution in [0, 0.1) is 0 Å². The van der Waals surface area contributed by atoms with Gasteiger partial charge in [0.25, 0.3) is 0 Å². The summed E-state index contributed by atoms with van der Waals surface area (Å²) in [5, 5.41) is 3.44. The van der Waals surface area contributed by atoms with Gasteiger partial charge in [0, 0.05) is 24.1 Å². The fourth-order valence-corrected chi connectivity index (χ4v) is 3.62. The second-order valence-corrected chi connectivity index (χ2v) is 6.44. The van der Waals surface area contributed by atoms with Gasteiger partial charge in [0.2, 0.25) is 0 Å². The quantitative estimate of drug-likeness (QED) is 0.880. The second-order valence-electron chi connectivity index (χ2n) is 5.50. The van der Waals surface area contributed by atoms with Crippen molar-refractivity contribution in [1.82, 2.24) is 4.98 Å². The van der Waals surface area contributed by atoms with Crippen LogP contribution in [0.3, 0.4) is 0 Å². The summed E-state index contributed by atoms with van der Waals surface area (Å²) in [6.07, 6.45) is 4.22. The van der Waals surface area contributed by atoms with E-state index >= 15 is 0 Å². The summed E-state index contributed by atoms with van der Waals surface area (Å²) in [5.74, 6) is 1.19. The van der Waals surface area contributed by atoms with Crippen molar-refractivity contribution in [3.05, 3.63) is 57.6 Å². The van der Waals surface area contributed by atoms with Gasteiger partial charge in [0.1, 0.15) is 5.82 Å². The molecule has 0 bridgehead atoms. The highest BCUT2D eigenvalue weighted by molar-refractivity contribution is 7.10. The molecule has 0 unspecified atom stereocenters. The number of nitrogens with one attached hydrogen (secondary N) is 1. The Balaban J connectivity index is 1.82. The smallest absolute Gasteiger partial charge is 0.160 e. The maximum Gasteiger partial charge on any atom is 0.160 e. The maximum absolute atomic E-state index is 12.0. The summed E-state index contributed by atoms with van der Waals surface area (Å²) in [5.41, 5.74) is 5.17. The van der Waals surface area contributed by atoms with Crippen molar-refractivity contribution in [1.29, 1.82) is 0 Å². The third kappa shape index (κ3) is 3.28. The lowest BCUT2D eigenvalue weighted by Gasteiger charge is -2.19. The van der Waals surface area contributed by atoms with Crippen LogP contribution in [-0.2, 0) is 11.2 Å². The molecule has 1 aromatic carbocycles. The van der Waals surface area contributed by atoms with Crippen molar-refractivity contribution in [2.75, 3.05) is 5.32 Å². The number of nitrogens with zero attached hydrogens (tertiary/aromatic N) is 1. The molecule has 0 amide bonds. The number of carbonyl (C=O) groups is 1. The van der Waals surface area contributed by atoms with Gasteiger partial charge in [-0.1, -0.05) is 37.3 Å². The van der Waals surface area contributed by atoms with E-state index < -0.39 is 0 Å². The molecule has 3 rings (SSSR count). The van der Waals surface area contributed by atoms with Crippen LogP contribution in [0.5, 0.6) is 0 Å². The van der Waals surface area contributed by atoms with E-state index in [1.54, 1.807) is 11.3 Å². The average molecular weight is 312 g/mol. The summed E-state index contributed by atoms with van der Waals surface area (Å²) >= 11 is 1.66. The zero-order chi connectivity index (χ0) is 15.4. The van der Waals surface area contributed by atoms with Gasteiger partial charge in [-0.05, 0) is 24.8 Å². The van der Waals surface area contributed by atoms with E-state index in [2.05, 4.69) is 34.6 Å². The molecule has 1 aliphatic rings. The van der Waals surface area contributed by atoms with Crippen molar-refractivity contribution in [3.8, 4) is 0 Å². The molecule has 4 heteroatoms. The molecule has 0 atom stereocenters. The van der Waals surface area contributed by atoms with Crippen LogP contribution in [0.25, 0.3) is 0 Å². The van der Waals surface area contributed by atoms with Crippen LogP contribution in [0.4, 0.5) is 5.82 Å². The van der Waals surface area contributed by atoms with Crippen molar-refractivity contribution in [2.24, 2.45) is 0 Å². The van der Waals surface area contributed by atoms with Crippen molar-refractivity contribution in [2.45, 2.75) is 39.0 Å². The summed E-state index contributed by atoms with van der Waals surface area (Å²) in [4.78, 5) is 17.7. The zero-order valence-electron chi connectivity index (χ0n) is 12.8. The number of allylic oxidation sites excluding steroid dienone is 2. The number of rotatable bonds is 5. The molecule has 1 N–H and O–H groups in total. The molecule has 114 valence electrons. The number of ketones is 1. The summed E-state index contributed by atoms with van der Waals surface area (Å²) in [7, 11) is 0. The average Bonchev–Trinajstić information content (AvgIpc) is 2.96. The standard InChI is InChI=1S/C18H20N2OS/c1-2-14-15(9-6-10-16(14)21)20-18-17(22-12-19-18)11-13-7-4-3-5-8-13/h3-5,7-8,12,20H,2,6,9-11H2,1H3. The first kappa shape index (κ1) is 15.0. The van der Waals surface area contributed by atoms with Crippen molar-refractivity contribution < 1.29 is 4.79 Å². The van der Waals surface area contributed by atoms with Gasteiger partial charge in [-0.25, -0.2) is 4.98 Å². The molecule has 0 radical (unpaired) electrons. The Morgan fingerprint density at radius 1 is 1.23 bits per heavy atom. The van der Waals surface area contributed by atoms with E-state index in [4.69, 9.17) is 0 Å². The van der Waals surface area contributed by atoms with Gasteiger partial charge in [0.05, 0.1) is 10.4 Å². The summed E-state index contributed by atoms with van der Waals surface area (Å²) < 4.78 is 0. The molecule has 0 aliphatic heterocycles. The Bertz CT molecular complexity index is 688. The number of benzene rings is 1. The highest BCUT2D eigenvalue weighted by Crippen LogP contribution is 2.29. The highest BCUT2D eigenvalue weighted by Gasteiger charge is 2.20. The monoisotopic (exact) mass is 312 g/mol. The number of anilines is 1. The third-order valence-electron chi connectivity index (χ3n) is 4.00. The molecule has 2 aromatic rings. The van der Waals surface area contributed by atoms with E-state index in [9.17, 15) is 4.79 Å². The molecule has 0 saturated heterocycles. The van der Waals surface area contributed by atoms with Gasteiger partial charge in [-0.3, -0.25) is 4.79 Å². The van der Waals surface area contributed by atoms with Crippen molar-refractivity contribution in [3.63, 3.8) is 0 Å². The first-order valence-electron chi connectivity index (χ1n) is 7.76. The van der Waals surface area contributed by atoms with Crippen LogP contribution < -0.4 is 5.32 Å². The predicted molar refractivity (Wildman–Crippen MR) is 91.2 cm³/mol. The van der Waals surface area contributed by atoms with E-state index in [-0.39, 0.29) is 5.78 Å². The Labute approximate surface area is 135 Å². The minimum absolute atomic E-state index is 0.288. The van der Waals surface area contributed by atoms with Gasteiger partial charge in [-0.2, -0.15) is 0 Å². The highest BCUT2D eigenvalue weighted by atomic mass is 32.1. The summed E-state index contributed by atoms with van der Waals surface area (Å²) in [6, 6.07) is 10.4. The van der Waals surface area contributed by atoms with E-state index in [0.29, 0.717) is 6.42 Å². The number of Topliss-reactive ketones (excluding diaryl/α,β-unsaturated/α-hetero) is 1. The lowest BCUT2D eigenvalue weighted by atomic mass is 9.93. The van der Waals surface area contributed by atoms with Crippen LogP contribution in [0.2, 0.25) is 0 Å². The van der Waals surface area contributed by atoms with Crippen LogP contribution in [-0.4, -0.2) is 10.8 Å². The third-order valence-corrected chi connectivity index (χ3v) is 4.84. The zero-order valence-corrected chi connectivity index (χ0v) is 13.6. The second kappa shape index (κ2) is 6.88. The van der Waals surface area contributed by atoms with Crippen LogP contribution in [0.15, 0.2) is 47.1 Å². The summed E-state index contributed by atoms with van der Waals surface area (Å²) in [6.45, 7) is 2.05. The molecule has 1 aromatic heterocycles. The Morgan fingerprint density at radius 3 is 2.82 bits per heavy atom. The van der Waals surface area contributed by atoms with Gasteiger partial charge in [-0.15, -0.1) is 11.3 Å². The Morgan fingerprint density at radius 2 is 2.05 bits per heavy atom. The molecule has 22 heavy (non-hydrogen) atoms. The van der Waals surface area contributed by atoms with Crippen LogP contribution in [0.1, 0.15) is 43.0 Å². The minimum Gasteiger partial charge on any atom is -0.342 e. The topological polar surface area (TPSA) is 42.0 Å². The Kier molecular flexibility index (Phi) is 4.68. The maximum atomic E-state index is 12.0. The largest absolute Gasteiger partial charge is 0.342 e. The SMILES string of the molecule is CCC1=C(Nc2ncsc2Cc2ccccc2)CCCC1=O. The van der Waals surface area contributed by atoms with Gasteiger partial charge in [0.15, 0.2) is 5.78 Å². The lowest BCUT2D eigenvalue weighted by Crippen LogP contribution is -2.16.